The van der Waals surface area contributed by atoms with Gasteiger partial charge in [0.1, 0.15) is 0 Å². The van der Waals surface area contributed by atoms with Gasteiger partial charge in [-0.05, 0) is 18.6 Å². The van der Waals surface area contributed by atoms with Crippen molar-refractivity contribution < 1.29 is 0 Å². The first-order valence-electron chi connectivity index (χ1n) is 4.26. The molecule has 2 rings (SSSR count). The third kappa shape index (κ3) is 1.75. The van der Waals surface area contributed by atoms with E-state index in [1.807, 2.05) is 6.08 Å². The lowest BCUT2D eigenvalue weighted by atomic mass is 10.1. The maximum Gasteiger partial charge on any atom is 0.247 e. The summed E-state index contributed by atoms with van der Waals surface area (Å²) in [5, 5.41) is 0. The second-order valence-corrected chi connectivity index (χ2v) is 2.90. The molecule has 0 amide bonds. The van der Waals surface area contributed by atoms with Gasteiger partial charge in [-0.3, -0.25) is 9.79 Å². The Hall–Kier alpha value is -1.64. The predicted molar refractivity (Wildman–Crippen MR) is 52.2 cm³/mol. The first-order chi connectivity index (χ1) is 6.36. The Morgan fingerprint density at radius 1 is 1.38 bits per heavy atom. The van der Waals surface area contributed by atoms with E-state index in [9.17, 15) is 4.79 Å². The quantitative estimate of drug-likeness (QED) is 0.681. The molecular formula is C10H10N2O. The first kappa shape index (κ1) is 7.98. The van der Waals surface area contributed by atoms with E-state index in [-0.39, 0.29) is 5.56 Å². The van der Waals surface area contributed by atoms with Crippen LogP contribution in [0.1, 0.15) is 12.0 Å². The van der Waals surface area contributed by atoms with Gasteiger partial charge in [0.05, 0.1) is 5.71 Å². The van der Waals surface area contributed by atoms with Gasteiger partial charge in [-0.25, -0.2) is 0 Å². The highest BCUT2D eigenvalue weighted by Crippen LogP contribution is 2.04. The Morgan fingerprint density at radius 3 is 2.92 bits per heavy atom. The zero-order valence-corrected chi connectivity index (χ0v) is 7.16. The molecule has 0 radical (unpaired) electrons. The van der Waals surface area contributed by atoms with Gasteiger partial charge in [-0.2, -0.15) is 0 Å². The molecule has 1 aromatic heterocycles. The van der Waals surface area contributed by atoms with E-state index in [4.69, 9.17) is 0 Å². The topological polar surface area (TPSA) is 45.2 Å². The van der Waals surface area contributed by atoms with Crippen molar-refractivity contribution in [3.05, 3.63) is 46.4 Å². The molecule has 66 valence electrons. The molecule has 0 saturated heterocycles. The Morgan fingerprint density at radius 2 is 2.31 bits per heavy atom. The highest BCUT2D eigenvalue weighted by Gasteiger charge is 2.01. The van der Waals surface area contributed by atoms with Crippen LogP contribution in [0, 0.1) is 0 Å². The molecule has 0 fully saturated rings. The number of rotatable bonds is 1. The van der Waals surface area contributed by atoms with E-state index in [1.165, 1.54) is 6.07 Å². The summed E-state index contributed by atoms with van der Waals surface area (Å²) in [6.45, 7) is 0.838. The maximum absolute atomic E-state index is 10.8. The number of dihydropyridines is 1. The normalized spacial score (nSPS) is 15.5. The first-order valence-corrected chi connectivity index (χ1v) is 4.26. The number of aromatic amines is 1. The molecule has 0 spiro atoms. The second-order valence-electron chi connectivity index (χ2n) is 2.90. The number of nitrogens with zero attached hydrogens (tertiary/aromatic N) is 1. The molecule has 1 aromatic rings. The van der Waals surface area contributed by atoms with Gasteiger partial charge in [0, 0.05) is 24.4 Å². The summed E-state index contributed by atoms with van der Waals surface area (Å²) in [6.07, 6.45) is 6.77. The van der Waals surface area contributed by atoms with Crippen LogP contribution in [0.3, 0.4) is 0 Å². The molecule has 2 heterocycles. The van der Waals surface area contributed by atoms with Gasteiger partial charge in [0.2, 0.25) is 5.56 Å². The zero-order chi connectivity index (χ0) is 9.10. The molecule has 0 bridgehead atoms. The van der Waals surface area contributed by atoms with Gasteiger partial charge in [-0.15, -0.1) is 0 Å². The summed E-state index contributed by atoms with van der Waals surface area (Å²) in [6, 6.07) is 3.30. The fourth-order valence-electron chi connectivity index (χ4n) is 1.26. The van der Waals surface area contributed by atoms with Crippen molar-refractivity contribution in [1.29, 1.82) is 0 Å². The Labute approximate surface area is 75.8 Å². The number of hydrogen-bond acceptors (Lipinski definition) is 2. The van der Waals surface area contributed by atoms with Crippen LogP contribution in [0.5, 0.6) is 0 Å². The molecule has 1 aliphatic heterocycles. The van der Waals surface area contributed by atoms with Crippen molar-refractivity contribution in [2.75, 3.05) is 6.54 Å². The number of pyridine rings is 1. The summed E-state index contributed by atoms with van der Waals surface area (Å²) in [4.78, 5) is 17.8. The standard InChI is InChI=1S/C10H10N2O/c13-10-5-4-8(7-12-10)9-3-1-2-6-11-9/h1,3-5,7H,2,6H2,(H,12,13). The average molecular weight is 174 g/mol. The van der Waals surface area contributed by atoms with E-state index >= 15 is 0 Å². The van der Waals surface area contributed by atoms with Crippen molar-refractivity contribution in [2.45, 2.75) is 6.42 Å². The molecule has 0 atom stereocenters. The number of hydrogen-bond donors (Lipinski definition) is 1. The van der Waals surface area contributed by atoms with E-state index in [0.717, 1.165) is 24.2 Å². The van der Waals surface area contributed by atoms with E-state index in [0.29, 0.717) is 0 Å². The lowest BCUT2D eigenvalue weighted by Gasteiger charge is -2.04. The average Bonchev–Trinajstić information content (AvgIpc) is 2.20. The Bertz CT molecular complexity index is 395. The smallest absolute Gasteiger partial charge is 0.247 e. The largest absolute Gasteiger partial charge is 0.328 e. The minimum atomic E-state index is -0.0795. The van der Waals surface area contributed by atoms with Crippen LogP contribution in [0.25, 0.3) is 0 Å². The summed E-state index contributed by atoms with van der Waals surface area (Å²) >= 11 is 0. The lowest BCUT2D eigenvalue weighted by Crippen LogP contribution is -2.08. The molecule has 3 heteroatoms. The van der Waals surface area contributed by atoms with Gasteiger partial charge in [0.25, 0.3) is 0 Å². The van der Waals surface area contributed by atoms with Gasteiger partial charge < -0.3 is 4.98 Å². The van der Waals surface area contributed by atoms with Crippen LogP contribution in [0.15, 0.2) is 40.3 Å². The Kier molecular flexibility index (Phi) is 2.08. The molecule has 0 aromatic carbocycles. The SMILES string of the molecule is O=c1ccc(C2=NCCC=C2)c[nH]1. The number of H-pyrrole nitrogens is 1. The molecule has 0 unspecified atom stereocenters. The van der Waals surface area contributed by atoms with Crippen LogP contribution in [-0.2, 0) is 0 Å². The van der Waals surface area contributed by atoms with Crippen LogP contribution < -0.4 is 5.56 Å². The summed E-state index contributed by atoms with van der Waals surface area (Å²) in [7, 11) is 0. The summed E-state index contributed by atoms with van der Waals surface area (Å²) in [5.74, 6) is 0. The van der Waals surface area contributed by atoms with E-state index in [1.54, 1.807) is 12.3 Å². The lowest BCUT2D eigenvalue weighted by molar-refractivity contribution is 0.993. The molecule has 13 heavy (non-hydrogen) atoms. The maximum atomic E-state index is 10.8. The van der Waals surface area contributed by atoms with E-state index in [2.05, 4.69) is 16.1 Å². The molecule has 1 N–H and O–H groups in total. The molecule has 0 saturated carbocycles. The third-order valence-electron chi connectivity index (χ3n) is 1.93. The second kappa shape index (κ2) is 3.39. The van der Waals surface area contributed by atoms with Gasteiger partial charge in [-0.1, -0.05) is 6.08 Å². The van der Waals surface area contributed by atoms with Crippen molar-refractivity contribution in [2.24, 2.45) is 4.99 Å². The fraction of sp³-hybridized carbons (Fsp3) is 0.200. The predicted octanol–water partition coefficient (Wildman–Crippen LogP) is 1.12. The van der Waals surface area contributed by atoms with Gasteiger partial charge in [0.15, 0.2) is 0 Å². The summed E-state index contributed by atoms with van der Waals surface area (Å²) < 4.78 is 0. The number of aliphatic imine (C=N–C) groups is 1. The fourth-order valence-corrected chi connectivity index (χ4v) is 1.26. The number of aromatic nitrogens is 1. The monoisotopic (exact) mass is 174 g/mol. The minimum absolute atomic E-state index is 0.0795. The minimum Gasteiger partial charge on any atom is -0.328 e. The highest BCUT2D eigenvalue weighted by atomic mass is 16.1. The van der Waals surface area contributed by atoms with Crippen LogP contribution >= 0.6 is 0 Å². The molecule has 3 nitrogen and oxygen atoms in total. The van der Waals surface area contributed by atoms with Crippen LogP contribution in [-0.4, -0.2) is 17.2 Å². The van der Waals surface area contributed by atoms with Gasteiger partial charge >= 0.3 is 0 Å². The van der Waals surface area contributed by atoms with Crippen molar-refractivity contribution >= 4 is 5.71 Å². The molecule has 1 aliphatic rings. The Balaban J connectivity index is 2.35. The number of nitrogens with one attached hydrogen (secondary N) is 1. The summed E-state index contributed by atoms with van der Waals surface area (Å²) in [5.41, 5.74) is 1.84. The van der Waals surface area contributed by atoms with Crippen molar-refractivity contribution in [3.63, 3.8) is 0 Å². The third-order valence-corrected chi connectivity index (χ3v) is 1.93. The highest BCUT2D eigenvalue weighted by molar-refractivity contribution is 6.08. The zero-order valence-electron chi connectivity index (χ0n) is 7.16. The van der Waals surface area contributed by atoms with E-state index < -0.39 is 0 Å². The number of allylic oxidation sites excluding steroid dienone is 1. The van der Waals surface area contributed by atoms with Crippen molar-refractivity contribution in [3.8, 4) is 0 Å². The van der Waals surface area contributed by atoms with Crippen LogP contribution in [0.2, 0.25) is 0 Å². The van der Waals surface area contributed by atoms with Crippen molar-refractivity contribution in [1.82, 2.24) is 4.98 Å². The molecule has 0 aliphatic carbocycles. The molecular weight excluding hydrogens is 164 g/mol. The van der Waals surface area contributed by atoms with Crippen LogP contribution in [0.4, 0.5) is 0 Å².